The maximum Gasteiger partial charge on any atom is 0.128 e. The fourth-order valence-corrected chi connectivity index (χ4v) is 4.14. The van der Waals surface area contributed by atoms with Gasteiger partial charge in [0, 0.05) is 42.5 Å². The number of morpholine rings is 1. The predicted octanol–water partition coefficient (Wildman–Crippen LogP) is 4.25. The third-order valence-electron chi connectivity index (χ3n) is 5.41. The first-order valence-electron chi connectivity index (χ1n) is 10.5. The quantitative estimate of drug-likeness (QED) is 0.639. The van der Waals surface area contributed by atoms with Crippen LogP contribution in [0.2, 0.25) is 0 Å². The highest BCUT2D eigenvalue weighted by Crippen LogP contribution is 2.38. The zero-order chi connectivity index (χ0) is 21.1. The van der Waals surface area contributed by atoms with Crippen molar-refractivity contribution in [2.75, 3.05) is 26.2 Å². The average Bonchev–Trinajstić information content (AvgIpc) is 3.09. The summed E-state index contributed by atoms with van der Waals surface area (Å²) in [6.07, 6.45) is 0.487. The van der Waals surface area contributed by atoms with Crippen LogP contribution in [-0.2, 0) is 4.74 Å². The van der Waals surface area contributed by atoms with Gasteiger partial charge in [0.15, 0.2) is 0 Å². The molecule has 158 valence electrons. The number of nitrogens with zero attached hydrogens (tertiary/aromatic N) is 2. The van der Waals surface area contributed by atoms with Crippen LogP contribution in [0.3, 0.4) is 0 Å². The number of nitrogens with one attached hydrogen (secondary N) is 1. The van der Waals surface area contributed by atoms with Crippen molar-refractivity contribution in [3.63, 3.8) is 0 Å². The molecule has 0 aliphatic carbocycles. The average molecular weight is 408 g/mol. The van der Waals surface area contributed by atoms with Crippen molar-refractivity contribution in [2.45, 2.75) is 33.0 Å². The molecule has 1 aromatic heterocycles. The molecule has 0 amide bonds. The Bertz CT molecular complexity index is 977. The number of aromatic hydroxyl groups is 1. The number of rotatable bonds is 6. The Hall–Kier alpha value is -2.83. The van der Waals surface area contributed by atoms with Crippen molar-refractivity contribution in [2.24, 2.45) is 0 Å². The number of hydrogen-bond donors (Lipinski definition) is 2. The SMILES string of the molecule is Cc1[nH]nc(-c2ccc(OCCN3CC(C)OC(C)C3)cc2O)c1-c1ccccc1. The fourth-order valence-electron chi connectivity index (χ4n) is 4.14. The molecule has 4 rings (SSSR count). The lowest BCUT2D eigenvalue weighted by Crippen LogP contribution is -2.46. The molecule has 6 heteroatoms. The predicted molar refractivity (Wildman–Crippen MR) is 118 cm³/mol. The van der Waals surface area contributed by atoms with Crippen LogP contribution in [-0.4, -0.2) is 58.7 Å². The number of H-pyrrole nitrogens is 1. The second kappa shape index (κ2) is 8.90. The lowest BCUT2D eigenvalue weighted by Gasteiger charge is -2.35. The molecule has 1 aliphatic heterocycles. The first-order chi connectivity index (χ1) is 14.5. The van der Waals surface area contributed by atoms with Gasteiger partial charge in [0.2, 0.25) is 0 Å². The van der Waals surface area contributed by atoms with E-state index in [2.05, 4.69) is 28.9 Å². The summed E-state index contributed by atoms with van der Waals surface area (Å²) < 4.78 is 11.7. The van der Waals surface area contributed by atoms with E-state index in [9.17, 15) is 5.11 Å². The Morgan fingerprint density at radius 3 is 2.57 bits per heavy atom. The highest BCUT2D eigenvalue weighted by atomic mass is 16.5. The van der Waals surface area contributed by atoms with Gasteiger partial charge in [-0.05, 0) is 38.5 Å². The van der Waals surface area contributed by atoms with Crippen molar-refractivity contribution in [3.8, 4) is 33.9 Å². The molecular weight excluding hydrogens is 378 g/mol. The molecule has 1 aliphatic rings. The summed E-state index contributed by atoms with van der Waals surface area (Å²) in [4.78, 5) is 2.35. The highest BCUT2D eigenvalue weighted by molar-refractivity contribution is 5.85. The van der Waals surface area contributed by atoms with E-state index in [1.807, 2.05) is 49.4 Å². The van der Waals surface area contributed by atoms with E-state index < -0.39 is 0 Å². The third kappa shape index (κ3) is 4.50. The molecule has 0 spiro atoms. The number of ether oxygens (including phenoxy) is 2. The number of aromatic nitrogens is 2. The lowest BCUT2D eigenvalue weighted by atomic mass is 9.99. The zero-order valence-corrected chi connectivity index (χ0v) is 17.8. The molecule has 1 fully saturated rings. The van der Waals surface area contributed by atoms with Crippen LogP contribution in [0.1, 0.15) is 19.5 Å². The summed E-state index contributed by atoms with van der Waals surface area (Å²) in [7, 11) is 0. The van der Waals surface area contributed by atoms with Crippen molar-refractivity contribution < 1.29 is 14.6 Å². The second-order valence-electron chi connectivity index (χ2n) is 7.98. The van der Waals surface area contributed by atoms with E-state index in [4.69, 9.17) is 9.47 Å². The van der Waals surface area contributed by atoms with Gasteiger partial charge in [0.1, 0.15) is 23.8 Å². The van der Waals surface area contributed by atoms with Gasteiger partial charge in [-0.2, -0.15) is 5.10 Å². The summed E-state index contributed by atoms with van der Waals surface area (Å²) >= 11 is 0. The first kappa shape index (κ1) is 20.4. The van der Waals surface area contributed by atoms with Crippen LogP contribution >= 0.6 is 0 Å². The monoisotopic (exact) mass is 407 g/mol. The van der Waals surface area contributed by atoms with Gasteiger partial charge in [-0.25, -0.2) is 0 Å². The summed E-state index contributed by atoms with van der Waals surface area (Å²) in [6, 6.07) is 15.5. The molecule has 1 saturated heterocycles. The maximum absolute atomic E-state index is 10.7. The minimum absolute atomic E-state index is 0.157. The van der Waals surface area contributed by atoms with Crippen molar-refractivity contribution in [3.05, 3.63) is 54.2 Å². The van der Waals surface area contributed by atoms with Gasteiger partial charge in [-0.15, -0.1) is 0 Å². The van der Waals surface area contributed by atoms with Gasteiger partial charge in [0.05, 0.1) is 12.2 Å². The molecule has 2 unspecified atom stereocenters. The molecule has 0 bridgehead atoms. The van der Waals surface area contributed by atoms with Crippen LogP contribution in [0.25, 0.3) is 22.4 Å². The smallest absolute Gasteiger partial charge is 0.128 e. The standard InChI is InChI=1S/C24H29N3O3/c1-16-14-27(15-17(2)30-16)11-12-29-20-9-10-21(22(28)13-20)24-23(18(3)25-26-24)19-7-5-4-6-8-19/h4-10,13,16-17,28H,11-12,14-15H2,1-3H3,(H,25,26). The van der Waals surface area contributed by atoms with E-state index in [1.54, 1.807) is 6.07 Å². The summed E-state index contributed by atoms with van der Waals surface area (Å²) in [6.45, 7) is 9.41. The number of aromatic amines is 1. The van der Waals surface area contributed by atoms with Crippen LogP contribution < -0.4 is 4.74 Å². The molecule has 3 aromatic rings. The molecule has 2 N–H and O–H groups in total. The van der Waals surface area contributed by atoms with Crippen LogP contribution in [0, 0.1) is 6.92 Å². The van der Waals surface area contributed by atoms with E-state index in [1.165, 1.54) is 0 Å². The van der Waals surface area contributed by atoms with E-state index in [-0.39, 0.29) is 18.0 Å². The van der Waals surface area contributed by atoms with Gasteiger partial charge in [-0.1, -0.05) is 30.3 Å². The van der Waals surface area contributed by atoms with E-state index in [0.29, 0.717) is 17.9 Å². The highest BCUT2D eigenvalue weighted by Gasteiger charge is 2.22. The minimum atomic E-state index is 0.157. The molecule has 0 radical (unpaired) electrons. The van der Waals surface area contributed by atoms with Crippen LogP contribution in [0.4, 0.5) is 0 Å². The number of hydrogen-bond acceptors (Lipinski definition) is 5. The minimum Gasteiger partial charge on any atom is -0.507 e. The number of aryl methyl sites for hydroxylation is 1. The third-order valence-corrected chi connectivity index (χ3v) is 5.41. The van der Waals surface area contributed by atoms with Crippen LogP contribution in [0.15, 0.2) is 48.5 Å². The van der Waals surface area contributed by atoms with Crippen molar-refractivity contribution in [1.29, 1.82) is 0 Å². The molecule has 2 atom stereocenters. The fraction of sp³-hybridized carbons (Fsp3) is 0.375. The Kier molecular flexibility index (Phi) is 6.06. The Morgan fingerprint density at radius 2 is 1.87 bits per heavy atom. The number of phenolic OH excluding ortho intramolecular Hbond substituents is 1. The zero-order valence-electron chi connectivity index (χ0n) is 17.8. The molecular formula is C24H29N3O3. The summed E-state index contributed by atoms with van der Waals surface area (Å²) in [5.41, 5.74) is 4.44. The largest absolute Gasteiger partial charge is 0.507 e. The number of phenols is 1. The van der Waals surface area contributed by atoms with Crippen molar-refractivity contribution >= 4 is 0 Å². The molecule has 30 heavy (non-hydrogen) atoms. The number of benzene rings is 2. The summed E-state index contributed by atoms with van der Waals surface area (Å²) in [5, 5.41) is 18.2. The topological polar surface area (TPSA) is 70.6 Å². The molecule has 0 saturated carbocycles. The van der Waals surface area contributed by atoms with Crippen molar-refractivity contribution in [1.82, 2.24) is 15.1 Å². The molecule has 2 aromatic carbocycles. The van der Waals surface area contributed by atoms with E-state index >= 15 is 0 Å². The molecule has 6 nitrogen and oxygen atoms in total. The Labute approximate surface area is 177 Å². The Balaban J connectivity index is 1.46. The molecule has 2 heterocycles. The maximum atomic E-state index is 10.7. The van der Waals surface area contributed by atoms with Gasteiger partial charge in [0.25, 0.3) is 0 Å². The van der Waals surface area contributed by atoms with Crippen LogP contribution in [0.5, 0.6) is 11.5 Å². The lowest BCUT2D eigenvalue weighted by molar-refractivity contribution is -0.0699. The second-order valence-corrected chi connectivity index (χ2v) is 7.98. The van der Waals surface area contributed by atoms with Gasteiger partial charge in [-0.3, -0.25) is 10.00 Å². The first-order valence-corrected chi connectivity index (χ1v) is 10.5. The van der Waals surface area contributed by atoms with Gasteiger partial charge >= 0.3 is 0 Å². The van der Waals surface area contributed by atoms with Gasteiger partial charge < -0.3 is 14.6 Å². The van der Waals surface area contributed by atoms with E-state index in [0.717, 1.165) is 42.1 Å². The normalized spacial score (nSPS) is 19.7. The summed E-state index contributed by atoms with van der Waals surface area (Å²) in [5.74, 6) is 0.809. The Morgan fingerprint density at radius 1 is 1.13 bits per heavy atom.